The first-order chi connectivity index (χ1) is 8.04. The number of nitrogens with one attached hydrogen (secondary N) is 1. The van der Waals surface area contributed by atoms with Crippen molar-refractivity contribution in [2.75, 3.05) is 6.54 Å². The first-order valence-corrected chi connectivity index (χ1v) is 6.33. The average Bonchev–Trinajstić information content (AvgIpc) is 3.01. The van der Waals surface area contributed by atoms with Crippen LogP contribution in [0.2, 0.25) is 0 Å². The fraction of sp³-hybridized carbons (Fsp3) is 0.833. The lowest BCUT2D eigenvalue weighted by Gasteiger charge is -2.24. The molecule has 98 valence electrons. The maximum atomic E-state index is 11.9. The highest BCUT2D eigenvalue weighted by atomic mass is 16.4. The Hall–Kier alpha value is -1.26. The first-order valence-electron chi connectivity index (χ1n) is 6.33. The summed E-state index contributed by atoms with van der Waals surface area (Å²) < 4.78 is 0. The van der Waals surface area contributed by atoms with Crippen LogP contribution in [0.5, 0.6) is 0 Å². The third-order valence-electron chi connectivity index (χ3n) is 2.91. The van der Waals surface area contributed by atoms with Crippen LogP contribution in [0.15, 0.2) is 0 Å². The zero-order valence-electron chi connectivity index (χ0n) is 10.6. The summed E-state index contributed by atoms with van der Waals surface area (Å²) in [4.78, 5) is 24.1. The van der Waals surface area contributed by atoms with Crippen LogP contribution in [0.1, 0.15) is 46.0 Å². The van der Waals surface area contributed by atoms with Crippen molar-refractivity contribution in [3.63, 3.8) is 0 Å². The number of amides is 2. The molecule has 0 radical (unpaired) electrons. The average molecular weight is 242 g/mol. The standard InChI is InChI=1S/C12H22N2O3/c1-3-4-9(2)13-12(17)14(10-5-6-10)8-7-11(15)16/h9-10H,3-8H2,1-2H3,(H,13,17)(H,15,16). The maximum absolute atomic E-state index is 11.9. The summed E-state index contributed by atoms with van der Waals surface area (Å²) >= 11 is 0. The van der Waals surface area contributed by atoms with Gasteiger partial charge in [0.25, 0.3) is 0 Å². The van der Waals surface area contributed by atoms with E-state index in [1.807, 2.05) is 6.92 Å². The van der Waals surface area contributed by atoms with Crippen molar-refractivity contribution < 1.29 is 14.7 Å². The summed E-state index contributed by atoms with van der Waals surface area (Å²) in [6, 6.07) is 0.288. The Kier molecular flexibility index (Phi) is 5.25. The number of carbonyl (C=O) groups excluding carboxylic acids is 1. The summed E-state index contributed by atoms with van der Waals surface area (Å²) in [5.41, 5.74) is 0. The van der Waals surface area contributed by atoms with Gasteiger partial charge >= 0.3 is 12.0 Å². The maximum Gasteiger partial charge on any atom is 0.317 e. The smallest absolute Gasteiger partial charge is 0.317 e. The fourth-order valence-electron chi connectivity index (χ4n) is 1.85. The molecule has 0 spiro atoms. The second-order valence-corrected chi connectivity index (χ2v) is 4.71. The minimum absolute atomic E-state index is 0.0199. The van der Waals surface area contributed by atoms with Crippen molar-refractivity contribution in [1.29, 1.82) is 0 Å². The molecule has 0 aromatic heterocycles. The Morgan fingerprint density at radius 1 is 1.47 bits per heavy atom. The monoisotopic (exact) mass is 242 g/mol. The summed E-state index contributed by atoms with van der Waals surface area (Å²) in [7, 11) is 0. The molecule has 1 fully saturated rings. The minimum Gasteiger partial charge on any atom is -0.481 e. The summed E-state index contributed by atoms with van der Waals surface area (Å²) in [5, 5.41) is 11.6. The predicted octanol–water partition coefficient (Wildman–Crippen LogP) is 1.82. The summed E-state index contributed by atoms with van der Waals surface area (Å²) in [5.74, 6) is -0.856. The molecule has 1 aliphatic rings. The van der Waals surface area contributed by atoms with Gasteiger partial charge in [-0.1, -0.05) is 13.3 Å². The fourth-order valence-corrected chi connectivity index (χ4v) is 1.85. The summed E-state index contributed by atoms with van der Waals surface area (Å²) in [6.07, 6.45) is 3.99. The van der Waals surface area contributed by atoms with E-state index in [-0.39, 0.29) is 24.5 Å². The quantitative estimate of drug-likeness (QED) is 0.715. The molecule has 1 aliphatic carbocycles. The van der Waals surface area contributed by atoms with Crippen molar-refractivity contribution in [2.24, 2.45) is 0 Å². The number of carboxylic acid groups (broad SMARTS) is 1. The highest BCUT2D eigenvalue weighted by molar-refractivity contribution is 5.76. The molecule has 2 amide bonds. The normalized spacial score (nSPS) is 16.4. The topological polar surface area (TPSA) is 69.6 Å². The SMILES string of the molecule is CCCC(C)NC(=O)N(CCC(=O)O)C1CC1. The van der Waals surface area contributed by atoms with Gasteiger partial charge in [0.1, 0.15) is 0 Å². The molecule has 1 rings (SSSR count). The highest BCUT2D eigenvalue weighted by Gasteiger charge is 2.32. The molecule has 0 heterocycles. The molecule has 0 aliphatic heterocycles. The zero-order chi connectivity index (χ0) is 12.8. The van der Waals surface area contributed by atoms with Gasteiger partial charge < -0.3 is 15.3 Å². The molecule has 5 nitrogen and oxygen atoms in total. The van der Waals surface area contributed by atoms with E-state index in [2.05, 4.69) is 12.2 Å². The number of hydrogen-bond donors (Lipinski definition) is 2. The lowest BCUT2D eigenvalue weighted by molar-refractivity contribution is -0.137. The first kappa shape index (κ1) is 13.8. The Balaban J connectivity index is 2.40. The van der Waals surface area contributed by atoms with Gasteiger partial charge in [-0.3, -0.25) is 4.79 Å². The van der Waals surface area contributed by atoms with Crippen LogP contribution in [0.25, 0.3) is 0 Å². The summed E-state index contributed by atoms with van der Waals surface area (Å²) in [6.45, 7) is 4.36. The number of carboxylic acids is 1. The third kappa shape index (κ3) is 5.06. The third-order valence-corrected chi connectivity index (χ3v) is 2.91. The largest absolute Gasteiger partial charge is 0.481 e. The Labute approximate surface area is 102 Å². The molecule has 17 heavy (non-hydrogen) atoms. The van der Waals surface area contributed by atoms with Gasteiger partial charge in [0.05, 0.1) is 6.42 Å². The van der Waals surface area contributed by atoms with E-state index in [0.717, 1.165) is 25.7 Å². The molecular formula is C12H22N2O3. The number of rotatable bonds is 7. The van der Waals surface area contributed by atoms with E-state index in [9.17, 15) is 9.59 Å². The Morgan fingerprint density at radius 3 is 2.59 bits per heavy atom. The van der Waals surface area contributed by atoms with Gasteiger partial charge in [-0.2, -0.15) is 0 Å². The predicted molar refractivity (Wildman–Crippen MR) is 64.9 cm³/mol. The van der Waals surface area contributed by atoms with Crippen LogP contribution in [0.3, 0.4) is 0 Å². The van der Waals surface area contributed by atoms with E-state index < -0.39 is 5.97 Å². The second kappa shape index (κ2) is 6.47. The van der Waals surface area contributed by atoms with Crippen LogP contribution < -0.4 is 5.32 Å². The lowest BCUT2D eigenvalue weighted by Crippen LogP contribution is -2.45. The van der Waals surface area contributed by atoms with Gasteiger partial charge in [0.15, 0.2) is 0 Å². The van der Waals surface area contributed by atoms with E-state index in [0.29, 0.717) is 6.54 Å². The van der Waals surface area contributed by atoms with E-state index in [4.69, 9.17) is 5.11 Å². The van der Waals surface area contributed by atoms with Crippen LogP contribution in [0.4, 0.5) is 4.79 Å². The van der Waals surface area contributed by atoms with Crippen molar-refractivity contribution in [1.82, 2.24) is 10.2 Å². The zero-order valence-corrected chi connectivity index (χ0v) is 10.6. The van der Waals surface area contributed by atoms with E-state index >= 15 is 0 Å². The van der Waals surface area contributed by atoms with Gasteiger partial charge in [-0.05, 0) is 26.2 Å². The van der Waals surface area contributed by atoms with Crippen molar-refractivity contribution in [3.05, 3.63) is 0 Å². The lowest BCUT2D eigenvalue weighted by atomic mass is 10.2. The Bertz CT molecular complexity index is 277. The molecule has 0 bridgehead atoms. The van der Waals surface area contributed by atoms with Crippen LogP contribution in [-0.2, 0) is 4.79 Å². The van der Waals surface area contributed by atoms with Crippen molar-refractivity contribution >= 4 is 12.0 Å². The van der Waals surface area contributed by atoms with Crippen LogP contribution in [0, 0.1) is 0 Å². The van der Waals surface area contributed by atoms with Crippen LogP contribution in [-0.4, -0.2) is 40.6 Å². The molecule has 5 heteroatoms. The number of carbonyl (C=O) groups is 2. The van der Waals surface area contributed by atoms with Crippen molar-refractivity contribution in [3.8, 4) is 0 Å². The molecule has 0 aromatic rings. The number of nitrogens with zero attached hydrogens (tertiary/aromatic N) is 1. The molecular weight excluding hydrogens is 220 g/mol. The van der Waals surface area contributed by atoms with Crippen LogP contribution >= 0.6 is 0 Å². The van der Waals surface area contributed by atoms with Crippen molar-refractivity contribution in [2.45, 2.75) is 58.0 Å². The second-order valence-electron chi connectivity index (χ2n) is 4.71. The molecule has 1 saturated carbocycles. The van der Waals surface area contributed by atoms with E-state index in [1.54, 1.807) is 4.90 Å². The Morgan fingerprint density at radius 2 is 2.12 bits per heavy atom. The molecule has 0 saturated heterocycles. The number of hydrogen-bond acceptors (Lipinski definition) is 2. The number of urea groups is 1. The minimum atomic E-state index is -0.856. The number of aliphatic carboxylic acids is 1. The van der Waals surface area contributed by atoms with E-state index in [1.165, 1.54) is 0 Å². The molecule has 1 atom stereocenters. The van der Waals surface area contributed by atoms with Gasteiger partial charge in [0.2, 0.25) is 0 Å². The molecule has 0 aromatic carbocycles. The van der Waals surface area contributed by atoms with Gasteiger partial charge in [0, 0.05) is 18.6 Å². The molecule has 2 N–H and O–H groups in total. The van der Waals surface area contributed by atoms with Gasteiger partial charge in [-0.25, -0.2) is 4.79 Å². The van der Waals surface area contributed by atoms with Gasteiger partial charge in [-0.15, -0.1) is 0 Å². The highest BCUT2D eigenvalue weighted by Crippen LogP contribution is 2.27. The molecule has 1 unspecified atom stereocenters.